The fourth-order valence-corrected chi connectivity index (χ4v) is 4.76. The summed E-state index contributed by atoms with van der Waals surface area (Å²) < 4.78 is 21.2. The lowest BCUT2D eigenvalue weighted by atomic mass is 10.0. The minimum absolute atomic E-state index is 0.144. The Labute approximate surface area is 209 Å². The van der Waals surface area contributed by atoms with Crippen molar-refractivity contribution in [1.82, 2.24) is 19.3 Å². The van der Waals surface area contributed by atoms with Gasteiger partial charge in [-0.3, -0.25) is 14.2 Å². The van der Waals surface area contributed by atoms with Gasteiger partial charge in [-0.15, -0.1) is 0 Å². The fraction of sp³-hybridized carbons (Fsp3) is 0.276. The highest BCUT2D eigenvalue weighted by molar-refractivity contribution is 5.93. The molecule has 0 saturated carbocycles. The first-order chi connectivity index (χ1) is 17.5. The van der Waals surface area contributed by atoms with Crippen LogP contribution in [-0.4, -0.2) is 31.7 Å². The second-order valence-electron chi connectivity index (χ2n) is 8.88. The molecule has 1 amide bonds. The number of ether oxygens (including phenoxy) is 1. The summed E-state index contributed by atoms with van der Waals surface area (Å²) >= 11 is 0. The largest absolute Gasteiger partial charge is 0.489 e. The summed E-state index contributed by atoms with van der Waals surface area (Å²) in [5.41, 5.74) is 4.53. The molecule has 5 rings (SSSR count). The van der Waals surface area contributed by atoms with Crippen molar-refractivity contribution in [1.29, 1.82) is 0 Å². The number of aromatic nitrogens is 3. The van der Waals surface area contributed by atoms with Gasteiger partial charge in [0.1, 0.15) is 24.0 Å². The van der Waals surface area contributed by atoms with Crippen molar-refractivity contribution in [2.75, 3.05) is 6.54 Å². The SMILES string of the molecule is CC#CC(=O)N1CCCC[C@H]1c1nc(-c2ccc(COc3cccc(F)c3)cc2)c2c(C)nccn12. The number of nitrogens with zero attached hydrogens (tertiary/aromatic N) is 4. The molecule has 1 aliphatic rings. The third kappa shape index (κ3) is 4.67. The number of aryl methyl sites for hydroxylation is 1. The molecule has 1 saturated heterocycles. The Morgan fingerprint density at radius 3 is 2.81 bits per heavy atom. The monoisotopic (exact) mass is 482 g/mol. The van der Waals surface area contributed by atoms with Crippen LogP contribution in [0.5, 0.6) is 5.75 Å². The van der Waals surface area contributed by atoms with E-state index in [4.69, 9.17) is 9.72 Å². The van der Waals surface area contributed by atoms with E-state index in [1.165, 1.54) is 12.1 Å². The number of likely N-dealkylation sites (tertiary alicyclic amines) is 1. The molecular weight excluding hydrogens is 455 g/mol. The molecule has 0 N–H and O–H groups in total. The van der Waals surface area contributed by atoms with Crippen molar-refractivity contribution in [2.45, 2.75) is 45.8 Å². The van der Waals surface area contributed by atoms with Crippen molar-refractivity contribution in [2.24, 2.45) is 0 Å². The minimum Gasteiger partial charge on any atom is -0.489 e. The summed E-state index contributed by atoms with van der Waals surface area (Å²) in [5.74, 6) is 6.27. The quantitative estimate of drug-likeness (QED) is 0.353. The number of fused-ring (bicyclic) bond motifs is 1. The van der Waals surface area contributed by atoms with Crippen LogP contribution in [0.2, 0.25) is 0 Å². The number of rotatable bonds is 5. The lowest BCUT2D eigenvalue weighted by Gasteiger charge is -2.33. The Kier molecular flexibility index (Phi) is 6.68. The van der Waals surface area contributed by atoms with E-state index in [0.717, 1.165) is 53.1 Å². The van der Waals surface area contributed by atoms with Crippen LogP contribution in [0.3, 0.4) is 0 Å². The van der Waals surface area contributed by atoms with E-state index >= 15 is 0 Å². The number of carbonyl (C=O) groups is 1. The number of imidazole rings is 1. The van der Waals surface area contributed by atoms with Gasteiger partial charge in [-0.05, 0) is 56.7 Å². The first kappa shape index (κ1) is 23.6. The molecule has 0 unspecified atom stereocenters. The molecule has 4 aromatic rings. The van der Waals surface area contributed by atoms with E-state index in [9.17, 15) is 9.18 Å². The summed E-state index contributed by atoms with van der Waals surface area (Å²) in [6.45, 7) is 4.66. The van der Waals surface area contributed by atoms with E-state index in [0.29, 0.717) is 18.9 Å². The van der Waals surface area contributed by atoms with Crippen LogP contribution in [0.4, 0.5) is 4.39 Å². The molecule has 2 aromatic heterocycles. The molecule has 6 nitrogen and oxygen atoms in total. The van der Waals surface area contributed by atoms with Gasteiger partial charge in [0.25, 0.3) is 5.91 Å². The minimum atomic E-state index is -0.325. The van der Waals surface area contributed by atoms with Crippen LogP contribution < -0.4 is 4.74 Å². The van der Waals surface area contributed by atoms with Gasteiger partial charge < -0.3 is 9.64 Å². The first-order valence-corrected chi connectivity index (χ1v) is 12.1. The average molecular weight is 483 g/mol. The second kappa shape index (κ2) is 10.2. The zero-order chi connectivity index (χ0) is 25.1. The van der Waals surface area contributed by atoms with Gasteiger partial charge in [0.15, 0.2) is 0 Å². The summed E-state index contributed by atoms with van der Waals surface area (Å²) in [6.07, 6.45) is 6.52. The zero-order valence-corrected chi connectivity index (χ0v) is 20.4. The van der Waals surface area contributed by atoms with Crippen molar-refractivity contribution >= 4 is 11.4 Å². The van der Waals surface area contributed by atoms with Crippen LogP contribution in [-0.2, 0) is 11.4 Å². The highest BCUT2D eigenvalue weighted by atomic mass is 19.1. The van der Waals surface area contributed by atoms with E-state index in [2.05, 4.69) is 21.2 Å². The topological polar surface area (TPSA) is 59.7 Å². The predicted octanol–water partition coefficient (Wildman–Crippen LogP) is 5.50. The third-order valence-corrected chi connectivity index (χ3v) is 6.49. The molecular formula is C29H27FN4O2. The van der Waals surface area contributed by atoms with Gasteiger partial charge in [-0.2, -0.15) is 0 Å². The summed E-state index contributed by atoms with van der Waals surface area (Å²) in [4.78, 5) is 24.2. The zero-order valence-electron chi connectivity index (χ0n) is 20.4. The van der Waals surface area contributed by atoms with Gasteiger partial charge in [0.05, 0.1) is 22.9 Å². The number of hydrogen-bond acceptors (Lipinski definition) is 4. The second-order valence-corrected chi connectivity index (χ2v) is 8.88. The van der Waals surface area contributed by atoms with Crippen molar-refractivity contribution in [3.63, 3.8) is 0 Å². The Bertz CT molecular complexity index is 1470. The van der Waals surface area contributed by atoms with Gasteiger partial charge in [-0.25, -0.2) is 9.37 Å². The molecule has 3 heterocycles. The van der Waals surface area contributed by atoms with Gasteiger partial charge >= 0.3 is 0 Å². The van der Waals surface area contributed by atoms with Crippen molar-refractivity contribution in [3.8, 4) is 28.8 Å². The van der Waals surface area contributed by atoms with Gasteiger partial charge in [0, 0.05) is 30.6 Å². The molecule has 0 aliphatic carbocycles. The maximum absolute atomic E-state index is 13.4. The molecule has 1 fully saturated rings. The molecule has 7 heteroatoms. The van der Waals surface area contributed by atoms with Crippen LogP contribution in [0, 0.1) is 24.6 Å². The highest BCUT2D eigenvalue weighted by Crippen LogP contribution is 2.35. The van der Waals surface area contributed by atoms with Gasteiger partial charge in [0.2, 0.25) is 0 Å². The lowest BCUT2D eigenvalue weighted by molar-refractivity contribution is -0.129. The highest BCUT2D eigenvalue weighted by Gasteiger charge is 2.31. The number of halogens is 1. The normalized spacial score (nSPS) is 15.4. The predicted molar refractivity (Wildman–Crippen MR) is 136 cm³/mol. The van der Waals surface area contributed by atoms with E-state index in [1.807, 2.05) is 42.3 Å². The molecule has 0 radical (unpaired) electrons. The summed E-state index contributed by atoms with van der Waals surface area (Å²) in [7, 11) is 0. The van der Waals surface area contributed by atoms with Crippen LogP contribution in [0.25, 0.3) is 16.8 Å². The van der Waals surface area contributed by atoms with Crippen molar-refractivity contribution in [3.05, 3.63) is 83.8 Å². The Hall–Kier alpha value is -4.18. The average Bonchev–Trinajstić information content (AvgIpc) is 3.29. The number of benzene rings is 2. The van der Waals surface area contributed by atoms with E-state index in [-0.39, 0.29) is 17.8 Å². The lowest BCUT2D eigenvalue weighted by Crippen LogP contribution is -2.38. The molecule has 1 aliphatic heterocycles. The van der Waals surface area contributed by atoms with Crippen LogP contribution in [0.1, 0.15) is 49.3 Å². The van der Waals surface area contributed by atoms with E-state index in [1.54, 1.807) is 25.3 Å². The first-order valence-electron chi connectivity index (χ1n) is 12.1. The standard InChI is InChI=1S/C29H27FN4O2/c1-3-7-26(35)33-16-5-4-10-25(33)29-32-27(28-20(2)31-15-17-34(28)29)22-13-11-21(12-14-22)19-36-24-9-6-8-23(30)18-24/h6,8-9,11-15,17-18,25H,4-5,10,16,19H2,1-2H3/t25-/m0/s1. The molecule has 2 aromatic carbocycles. The Balaban J connectivity index is 1.48. The number of piperidine rings is 1. The third-order valence-electron chi connectivity index (χ3n) is 6.49. The fourth-order valence-electron chi connectivity index (χ4n) is 4.76. The molecule has 182 valence electrons. The number of carbonyl (C=O) groups excluding carboxylic acids is 1. The molecule has 36 heavy (non-hydrogen) atoms. The maximum atomic E-state index is 13.4. The number of hydrogen-bond donors (Lipinski definition) is 0. The molecule has 0 bridgehead atoms. The van der Waals surface area contributed by atoms with E-state index < -0.39 is 0 Å². The molecule has 1 atom stereocenters. The smallest absolute Gasteiger partial charge is 0.299 e. The summed E-state index contributed by atoms with van der Waals surface area (Å²) in [6, 6.07) is 14.0. The maximum Gasteiger partial charge on any atom is 0.299 e. The Morgan fingerprint density at radius 2 is 2.03 bits per heavy atom. The number of amides is 1. The molecule has 0 spiro atoms. The van der Waals surface area contributed by atoms with Crippen LogP contribution >= 0.6 is 0 Å². The van der Waals surface area contributed by atoms with Gasteiger partial charge in [-0.1, -0.05) is 36.3 Å². The summed E-state index contributed by atoms with van der Waals surface area (Å²) in [5, 5.41) is 0. The van der Waals surface area contributed by atoms with Crippen molar-refractivity contribution < 1.29 is 13.9 Å². The Morgan fingerprint density at radius 1 is 1.19 bits per heavy atom. The van der Waals surface area contributed by atoms with Crippen LogP contribution in [0.15, 0.2) is 60.9 Å².